The molecule has 0 amide bonds. The van der Waals surface area contributed by atoms with Gasteiger partial charge in [-0.2, -0.15) is 0 Å². The lowest BCUT2D eigenvalue weighted by Crippen LogP contribution is -2.32. The van der Waals surface area contributed by atoms with Crippen LogP contribution in [0.1, 0.15) is 39.0 Å². The molecule has 1 aliphatic heterocycles. The Balaban J connectivity index is 2.13. The summed E-state index contributed by atoms with van der Waals surface area (Å²) in [6.45, 7) is 4.06. The molecule has 1 atom stereocenters. The van der Waals surface area contributed by atoms with Gasteiger partial charge in [-0.3, -0.25) is 9.89 Å². The fraction of sp³-hybridized carbons (Fsp3) is 0.769. The molecule has 0 spiro atoms. The van der Waals surface area contributed by atoms with Crippen molar-refractivity contribution in [2.75, 3.05) is 19.7 Å². The molecule has 16 heavy (non-hydrogen) atoms. The normalized spacial score (nSPS) is 21.2. The van der Waals surface area contributed by atoms with E-state index in [1.54, 1.807) is 0 Å². The first kappa shape index (κ1) is 13.4. The molecule has 0 fully saturated rings. The van der Waals surface area contributed by atoms with E-state index in [-0.39, 0.29) is 12.8 Å². The third kappa shape index (κ3) is 4.90. The van der Waals surface area contributed by atoms with Crippen molar-refractivity contribution in [2.45, 2.75) is 45.2 Å². The van der Waals surface area contributed by atoms with Crippen molar-refractivity contribution >= 4 is 6.21 Å². The summed E-state index contributed by atoms with van der Waals surface area (Å²) in [4.78, 5) is 6.61. The quantitative estimate of drug-likeness (QED) is 0.507. The molecule has 0 aliphatic carbocycles. The van der Waals surface area contributed by atoms with Gasteiger partial charge in [-0.1, -0.05) is 31.9 Å². The summed E-state index contributed by atoms with van der Waals surface area (Å²) in [5.74, 6) is 0. The predicted molar refractivity (Wildman–Crippen MR) is 68.8 cm³/mol. The van der Waals surface area contributed by atoms with Crippen molar-refractivity contribution < 1.29 is 5.11 Å². The van der Waals surface area contributed by atoms with Gasteiger partial charge in [0.05, 0.1) is 6.61 Å². The highest BCUT2D eigenvalue weighted by molar-refractivity contribution is 5.62. The van der Waals surface area contributed by atoms with Crippen molar-refractivity contribution in [3.63, 3.8) is 0 Å². The molecule has 1 unspecified atom stereocenters. The van der Waals surface area contributed by atoms with Crippen LogP contribution in [-0.2, 0) is 0 Å². The van der Waals surface area contributed by atoms with E-state index in [0.717, 1.165) is 19.5 Å². The second-order valence-electron chi connectivity index (χ2n) is 4.23. The molecule has 1 rings (SSSR count). The molecule has 0 radical (unpaired) electrons. The second kappa shape index (κ2) is 8.48. The smallest absolute Gasteiger partial charge is 0.105 e. The number of β-amino-alcohol motifs (C(OH)–C–C–N with tert-alkyl or cyclic N) is 1. The molecule has 0 aromatic heterocycles. The van der Waals surface area contributed by atoms with Gasteiger partial charge >= 0.3 is 0 Å². The van der Waals surface area contributed by atoms with Crippen LogP contribution in [0.4, 0.5) is 0 Å². The Hall–Kier alpha value is -0.670. The maximum atomic E-state index is 8.90. The Morgan fingerprint density at radius 3 is 3.06 bits per heavy atom. The molecule has 3 nitrogen and oxygen atoms in total. The number of hydrogen-bond acceptors (Lipinski definition) is 3. The zero-order chi connectivity index (χ0) is 11.6. The van der Waals surface area contributed by atoms with E-state index < -0.39 is 0 Å². The van der Waals surface area contributed by atoms with Gasteiger partial charge in [0.2, 0.25) is 0 Å². The zero-order valence-electron chi connectivity index (χ0n) is 10.3. The van der Waals surface area contributed by atoms with Crippen molar-refractivity contribution in [2.24, 2.45) is 4.99 Å². The van der Waals surface area contributed by atoms with Gasteiger partial charge in [-0.25, -0.2) is 0 Å². The summed E-state index contributed by atoms with van der Waals surface area (Å²) in [5, 5.41) is 8.90. The SMILES string of the molecule is CCCCC/C=C/CC1N=CCN1CCO. The number of unbranched alkanes of at least 4 members (excludes halogenated alkanes) is 3. The minimum atomic E-state index is 0.222. The fourth-order valence-electron chi connectivity index (χ4n) is 1.92. The topological polar surface area (TPSA) is 35.8 Å². The summed E-state index contributed by atoms with van der Waals surface area (Å²) in [6, 6.07) is 0. The number of aliphatic imine (C=N–C) groups is 1. The molecule has 1 aliphatic rings. The molecule has 0 bridgehead atoms. The summed E-state index contributed by atoms with van der Waals surface area (Å²) in [5.41, 5.74) is 0. The van der Waals surface area contributed by atoms with Gasteiger partial charge in [0.25, 0.3) is 0 Å². The summed E-state index contributed by atoms with van der Waals surface area (Å²) in [7, 11) is 0. The van der Waals surface area contributed by atoms with Crippen LogP contribution in [-0.4, -0.2) is 42.1 Å². The zero-order valence-corrected chi connectivity index (χ0v) is 10.3. The van der Waals surface area contributed by atoms with E-state index >= 15 is 0 Å². The number of nitrogens with zero attached hydrogens (tertiary/aromatic N) is 2. The molecule has 92 valence electrons. The van der Waals surface area contributed by atoms with Gasteiger partial charge in [0.1, 0.15) is 6.17 Å². The van der Waals surface area contributed by atoms with Crippen LogP contribution in [0.3, 0.4) is 0 Å². The largest absolute Gasteiger partial charge is 0.395 e. The highest BCUT2D eigenvalue weighted by Gasteiger charge is 2.18. The molecule has 0 aromatic rings. The number of aliphatic hydroxyl groups excluding tert-OH is 1. The Kier molecular flexibility index (Phi) is 7.10. The maximum Gasteiger partial charge on any atom is 0.105 e. The molecular weight excluding hydrogens is 200 g/mol. The van der Waals surface area contributed by atoms with Gasteiger partial charge in [0, 0.05) is 25.7 Å². The first-order valence-electron chi connectivity index (χ1n) is 6.40. The highest BCUT2D eigenvalue weighted by atomic mass is 16.3. The molecule has 1 N–H and O–H groups in total. The van der Waals surface area contributed by atoms with Gasteiger partial charge < -0.3 is 5.11 Å². The monoisotopic (exact) mass is 224 g/mol. The molecule has 0 aromatic carbocycles. The van der Waals surface area contributed by atoms with Crippen LogP contribution >= 0.6 is 0 Å². The standard InChI is InChI=1S/C13H24N2O/c1-2-3-4-5-6-7-8-13-14-9-10-15(13)11-12-16/h6-7,9,13,16H,2-5,8,10-12H2,1H3/b7-6+. The lowest BCUT2D eigenvalue weighted by molar-refractivity contribution is 0.184. The van der Waals surface area contributed by atoms with Crippen LogP contribution in [0.5, 0.6) is 0 Å². The van der Waals surface area contributed by atoms with Gasteiger partial charge in [0.15, 0.2) is 0 Å². The number of aliphatic hydroxyl groups is 1. The summed E-state index contributed by atoms with van der Waals surface area (Å²) in [6.07, 6.45) is 12.8. The molecule has 0 saturated heterocycles. The Morgan fingerprint density at radius 2 is 2.31 bits per heavy atom. The number of hydrogen-bond donors (Lipinski definition) is 1. The van der Waals surface area contributed by atoms with E-state index in [1.807, 2.05) is 6.21 Å². The van der Waals surface area contributed by atoms with Crippen LogP contribution in [0, 0.1) is 0 Å². The number of rotatable bonds is 8. The fourth-order valence-corrected chi connectivity index (χ4v) is 1.92. The lowest BCUT2D eigenvalue weighted by Gasteiger charge is -2.20. The highest BCUT2D eigenvalue weighted by Crippen LogP contribution is 2.11. The average molecular weight is 224 g/mol. The molecule has 3 heteroatoms. The minimum absolute atomic E-state index is 0.222. The first-order chi connectivity index (χ1) is 7.88. The third-order valence-electron chi connectivity index (χ3n) is 2.89. The van der Waals surface area contributed by atoms with Crippen LogP contribution < -0.4 is 0 Å². The molecule has 1 heterocycles. The maximum absolute atomic E-state index is 8.90. The Morgan fingerprint density at radius 1 is 1.44 bits per heavy atom. The van der Waals surface area contributed by atoms with E-state index in [4.69, 9.17) is 5.11 Å². The van der Waals surface area contributed by atoms with Crippen molar-refractivity contribution in [3.8, 4) is 0 Å². The van der Waals surface area contributed by atoms with Gasteiger partial charge in [-0.05, 0) is 12.8 Å². The van der Waals surface area contributed by atoms with E-state index in [9.17, 15) is 0 Å². The third-order valence-corrected chi connectivity index (χ3v) is 2.89. The van der Waals surface area contributed by atoms with E-state index in [1.165, 1.54) is 25.7 Å². The van der Waals surface area contributed by atoms with Crippen LogP contribution in [0.2, 0.25) is 0 Å². The van der Waals surface area contributed by atoms with E-state index in [0.29, 0.717) is 0 Å². The van der Waals surface area contributed by atoms with Crippen molar-refractivity contribution in [1.82, 2.24) is 4.90 Å². The molecular formula is C13H24N2O. The first-order valence-corrected chi connectivity index (χ1v) is 6.40. The summed E-state index contributed by atoms with van der Waals surface area (Å²) < 4.78 is 0. The molecule has 0 saturated carbocycles. The van der Waals surface area contributed by atoms with Gasteiger partial charge in [-0.15, -0.1) is 0 Å². The van der Waals surface area contributed by atoms with E-state index in [2.05, 4.69) is 29.0 Å². The van der Waals surface area contributed by atoms with Crippen molar-refractivity contribution in [1.29, 1.82) is 0 Å². The Labute approximate surface area is 98.9 Å². The van der Waals surface area contributed by atoms with Crippen LogP contribution in [0.25, 0.3) is 0 Å². The lowest BCUT2D eigenvalue weighted by atomic mass is 10.2. The average Bonchev–Trinajstić information content (AvgIpc) is 2.72. The predicted octanol–water partition coefficient (Wildman–Crippen LogP) is 2.22. The Bertz CT molecular complexity index is 226. The second-order valence-corrected chi connectivity index (χ2v) is 4.23. The van der Waals surface area contributed by atoms with Crippen molar-refractivity contribution in [3.05, 3.63) is 12.2 Å². The summed E-state index contributed by atoms with van der Waals surface area (Å²) >= 11 is 0. The number of allylic oxidation sites excluding steroid dienone is 1. The van der Waals surface area contributed by atoms with Crippen LogP contribution in [0.15, 0.2) is 17.1 Å². The minimum Gasteiger partial charge on any atom is -0.395 e.